The molecule has 1 saturated heterocycles. The molecule has 8 heteroatoms. The van der Waals surface area contributed by atoms with Crippen molar-refractivity contribution in [2.24, 2.45) is 0 Å². The van der Waals surface area contributed by atoms with Crippen LogP contribution in [0.3, 0.4) is 0 Å². The predicted molar refractivity (Wildman–Crippen MR) is 88.9 cm³/mol. The van der Waals surface area contributed by atoms with Crippen LogP contribution in [-0.2, 0) is 6.54 Å². The summed E-state index contributed by atoms with van der Waals surface area (Å²) in [6.07, 6.45) is 3.47. The van der Waals surface area contributed by atoms with E-state index < -0.39 is 0 Å². The van der Waals surface area contributed by atoms with Gasteiger partial charge in [0, 0.05) is 32.1 Å². The Kier molecular flexibility index (Phi) is 3.89. The third-order valence-corrected chi connectivity index (χ3v) is 4.34. The Hall–Kier alpha value is -2.48. The molecule has 24 heavy (non-hydrogen) atoms. The maximum Gasteiger partial charge on any atom is 0.208 e. The fourth-order valence-corrected chi connectivity index (χ4v) is 2.88. The minimum atomic E-state index is 0.377. The zero-order chi connectivity index (χ0) is 16.5. The molecular weight excluding hydrogens is 306 g/mol. The maximum absolute atomic E-state index is 5.80. The van der Waals surface area contributed by atoms with Crippen molar-refractivity contribution in [3.63, 3.8) is 0 Å². The van der Waals surface area contributed by atoms with Crippen LogP contribution in [0.25, 0.3) is 5.65 Å². The lowest BCUT2D eigenvalue weighted by Gasteiger charge is -2.34. The molecule has 3 aromatic rings. The fourth-order valence-electron chi connectivity index (χ4n) is 2.88. The van der Waals surface area contributed by atoms with Gasteiger partial charge in [-0.1, -0.05) is 13.8 Å². The SMILES string of the molecule is CC(C)c1cnc(CN2CCN(c3ccc4nncn4n3)CC2)o1. The van der Waals surface area contributed by atoms with Crippen LogP contribution in [0.1, 0.15) is 31.4 Å². The lowest BCUT2D eigenvalue weighted by molar-refractivity contribution is 0.223. The smallest absolute Gasteiger partial charge is 0.208 e. The van der Waals surface area contributed by atoms with E-state index >= 15 is 0 Å². The van der Waals surface area contributed by atoms with Crippen molar-refractivity contribution < 1.29 is 4.42 Å². The number of hydrogen-bond donors (Lipinski definition) is 0. The van der Waals surface area contributed by atoms with Gasteiger partial charge < -0.3 is 9.32 Å². The Labute approximate surface area is 140 Å². The highest BCUT2D eigenvalue weighted by Gasteiger charge is 2.20. The van der Waals surface area contributed by atoms with Crippen molar-refractivity contribution in [1.29, 1.82) is 0 Å². The first-order valence-corrected chi connectivity index (χ1v) is 8.28. The zero-order valence-electron chi connectivity index (χ0n) is 14.0. The van der Waals surface area contributed by atoms with Crippen LogP contribution in [0.2, 0.25) is 0 Å². The van der Waals surface area contributed by atoms with E-state index in [1.165, 1.54) is 0 Å². The van der Waals surface area contributed by atoms with Gasteiger partial charge in [0.25, 0.3) is 0 Å². The molecule has 4 rings (SSSR count). The van der Waals surface area contributed by atoms with Gasteiger partial charge in [-0.15, -0.1) is 15.3 Å². The van der Waals surface area contributed by atoms with Gasteiger partial charge in [-0.2, -0.15) is 4.52 Å². The second-order valence-corrected chi connectivity index (χ2v) is 6.40. The third-order valence-electron chi connectivity index (χ3n) is 4.34. The number of fused-ring (bicyclic) bond motifs is 1. The molecule has 126 valence electrons. The van der Waals surface area contributed by atoms with E-state index in [0.717, 1.165) is 55.8 Å². The van der Waals surface area contributed by atoms with Crippen molar-refractivity contribution >= 4 is 11.5 Å². The Morgan fingerprint density at radius 1 is 1.17 bits per heavy atom. The van der Waals surface area contributed by atoms with Crippen LogP contribution in [-0.4, -0.2) is 55.9 Å². The molecule has 0 aromatic carbocycles. The monoisotopic (exact) mass is 327 g/mol. The van der Waals surface area contributed by atoms with Crippen LogP contribution in [0.5, 0.6) is 0 Å². The van der Waals surface area contributed by atoms with Crippen molar-refractivity contribution in [2.45, 2.75) is 26.3 Å². The fraction of sp³-hybridized carbons (Fsp3) is 0.500. The lowest BCUT2D eigenvalue weighted by atomic mass is 10.2. The normalized spacial score (nSPS) is 16.4. The summed E-state index contributed by atoms with van der Waals surface area (Å²) in [7, 11) is 0. The first-order valence-electron chi connectivity index (χ1n) is 8.28. The largest absolute Gasteiger partial charge is 0.444 e. The molecule has 0 spiro atoms. The van der Waals surface area contributed by atoms with E-state index in [2.05, 4.69) is 43.9 Å². The summed E-state index contributed by atoms with van der Waals surface area (Å²) in [5.41, 5.74) is 0.766. The molecule has 1 aliphatic rings. The summed E-state index contributed by atoms with van der Waals surface area (Å²) in [5.74, 6) is 3.09. The number of rotatable bonds is 4. The number of piperazine rings is 1. The summed E-state index contributed by atoms with van der Waals surface area (Å²) in [5, 5.41) is 12.4. The van der Waals surface area contributed by atoms with E-state index in [0.29, 0.717) is 5.92 Å². The van der Waals surface area contributed by atoms with Crippen LogP contribution >= 0.6 is 0 Å². The van der Waals surface area contributed by atoms with Gasteiger partial charge in [-0.3, -0.25) is 4.90 Å². The quantitative estimate of drug-likeness (QED) is 0.719. The Morgan fingerprint density at radius 2 is 2.00 bits per heavy atom. The number of hydrogen-bond acceptors (Lipinski definition) is 7. The van der Waals surface area contributed by atoms with Gasteiger partial charge >= 0.3 is 0 Å². The number of oxazole rings is 1. The number of nitrogens with zero attached hydrogens (tertiary/aromatic N) is 7. The molecule has 8 nitrogen and oxygen atoms in total. The highest BCUT2D eigenvalue weighted by Crippen LogP contribution is 2.18. The van der Waals surface area contributed by atoms with E-state index in [1.807, 2.05) is 18.3 Å². The van der Waals surface area contributed by atoms with Crippen LogP contribution in [0.15, 0.2) is 29.1 Å². The molecule has 0 bridgehead atoms. The molecule has 0 saturated carbocycles. The van der Waals surface area contributed by atoms with Gasteiger partial charge in [-0.25, -0.2) is 4.98 Å². The summed E-state index contributed by atoms with van der Waals surface area (Å²) < 4.78 is 7.51. The molecule has 0 aliphatic carbocycles. The zero-order valence-corrected chi connectivity index (χ0v) is 14.0. The third kappa shape index (κ3) is 2.96. The summed E-state index contributed by atoms with van der Waals surface area (Å²) in [4.78, 5) is 9.03. The molecule has 3 aromatic heterocycles. The molecule has 0 atom stereocenters. The van der Waals surface area contributed by atoms with Gasteiger partial charge in [0.05, 0.1) is 12.7 Å². The minimum Gasteiger partial charge on any atom is -0.444 e. The Bertz CT molecular complexity index is 817. The molecule has 0 unspecified atom stereocenters. The molecule has 4 heterocycles. The average molecular weight is 327 g/mol. The van der Waals surface area contributed by atoms with Crippen molar-refractivity contribution in [3.8, 4) is 0 Å². The predicted octanol–water partition coefficient (Wildman–Crippen LogP) is 1.56. The van der Waals surface area contributed by atoms with E-state index in [1.54, 1.807) is 10.8 Å². The van der Waals surface area contributed by atoms with Gasteiger partial charge in [-0.05, 0) is 12.1 Å². The van der Waals surface area contributed by atoms with Gasteiger partial charge in [0.15, 0.2) is 5.65 Å². The molecule has 0 radical (unpaired) electrons. The van der Waals surface area contributed by atoms with Gasteiger partial charge in [0.2, 0.25) is 5.89 Å². The Morgan fingerprint density at radius 3 is 2.75 bits per heavy atom. The second-order valence-electron chi connectivity index (χ2n) is 6.40. The van der Waals surface area contributed by atoms with Gasteiger partial charge in [0.1, 0.15) is 17.9 Å². The first kappa shape index (κ1) is 15.1. The van der Waals surface area contributed by atoms with Crippen molar-refractivity contribution in [3.05, 3.63) is 36.3 Å². The highest BCUT2D eigenvalue weighted by molar-refractivity contribution is 5.45. The summed E-state index contributed by atoms with van der Waals surface area (Å²) in [6.45, 7) is 8.77. The number of aromatic nitrogens is 5. The van der Waals surface area contributed by atoms with Crippen molar-refractivity contribution in [1.82, 2.24) is 29.7 Å². The molecular formula is C16H21N7O. The van der Waals surface area contributed by atoms with Crippen LogP contribution in [0, 0.1) is 0 Å². The standard InChI is InChI=1S/C16H21N7O/c1-12(2)13-9-17-16(24-13)10-21-5-7-22(8-6-21)15-4-3-14-19-18-11-23(14)20-15/h3-4,9,11-12H,5-8,10H2,1-2H3. The van der Waals surface area contributed by atoms with E-state index in [9.17, 15) is 0 Å². The first-order chi connectivity index (χ1) is 11.7. The molecule has 1 aliphatic heterocycles. The molecule has 1 fully saturated rings. The van der Waals surface area contributed by atoms with Crippen LogP contribution in [0.4, 0.5) is 5.82 Å². The Balaban J connectivity index is 1.37. The summed E-state index contributed by atoms with van der Waals surface area (Å²) in [6, 6.07) is 3.95. The maximum atomic E-state index is 5.80. The second kappa shape index (κ2) is 6.20. The summed E-state index contributed by atoms with van der Waals surface area (Å²) >= 11 is 0. The molecule has 0 amide bonds. The van der Waals surface area contributed by atoms with E-state index in [4.69, 9.17) is 4.42 Å². The average Bonchev–Trinajstić information content (AvgIpc) is 3.24. The number of anilines is 1. The van der Waals surface area contributed by atoms with Crippen LogP contribution < -0.4 is 4.90 Å². The topological polar surface area (TPSA) is 75.6 Å². The minimum absolute atomic E-state index is 0.377. The highest BCUT2D eigenvalue weighted by atomic mass is 16.4. The van der Waals surface area contributed by atoms with E-state index in [-0.39, 0.29) is 0 Å². The lowest BCUT2D eigenvalue weighted by Crippen LogP contribution is -2.46. The molecule has 0 N–H and O–H groups in total. The van der Waals surface area contributed by atoms with Crippen molar-refractivity contribution in [2.75, 3.05) is 31.1 Å².